The quantitative estimate of drug-likeness (QED) is 0.257. The minimum Gasteiger partial charge on any atom is -0.496 e. The number of nitrogen functional groups attached to an aromatic ring is 1. The van der Waals surface area contributed by atoms with Crippen molar-refractivity contribution < 1.29 is 4.74 Å². The number of nitrogens with zero attached hydrogens (tertiary/aromatic N) is 4. The van der Waals surface area contributed by atoms with Crippen molar-refractivity contribution in [1.82, 2.24) is 25.1 Å². The minimum absolute atomic E-state index is 0.191. The van der Waals surface area contributed by atoms with Crippen LogP contribution in [0.15, 0.2) is 24.4 Å². The Labute approximate surface area is 183 Å². The van der Waals surface area contributed by atoms with E-state index in [1.807, 2.05) is 10.9 Å². The van der Waals surface area contributed by atoms with Gasteiger partial charge in [0.25, 0.3) is 0 Å². The normalized spacial score (nSPS) is 12.3. The van der Waals surface area contributed by atoms with E-state index >= 15 is 0 Å². The summed E-state index contributed by atoms with van der Waals surface area (Å²) in [6.45, 7) is 6.66. The lowest BCUT2D eigenvalue weighted by atomic mass is 10.1. The monoisotopic (exact) mass is 426 g/mol. The van der Waals surface area contributed by atoms with E-state index in [9.17, 15) is 0 Å². The molecule has 0 aliphatic rings. The van der Waals surface area contributed by atoms with E-state index in [4.69, 9.17) is 16.2 Å². The fraction of sp³-hybridized carbons (Fsp3) is 0.500. The standard InChI is InChI=1S/C22H34N8O/c1-4-6-10-25-12-15-8-9-16(18(11-15)31-3)13-30-14-17-20(29-30)21(28-22(24)26-17)27-19(23)7-5-2/h8-9,11,14,19,25H,4-7,10,12-13,23H2,1-3H3,(H3,24,26,27,28). The Balaban J connectivity index is 1.79. The lowest BCUT2D eigenvalue weighted by Gasteiger charge is -2.13. The molecule has 0 saturated carbocycles. The highest BCUT2D eigenvalue weighted by atomic mass is 16.5. The second kappa shape index (κ2) is 10.9. The number of hydrogen-bond donors (Lipinski definition) is 4. The zero-order chi connectivity index (χ0) is 22.2. The molecule has 3 aromatic rings. The summed E-state index contributed by atoms with van der Waals surface area (Å²) in [5, 5.41) is 11.3. The van der Waals surface area contributed by atoms with Crippen molar-refractivity contribution in [3.8, 4) is 5.75 Å². The van der Waals surface area contributed by atoms with Crippen molar-refractivity contribution in [3.63, 3.8) is 0 Å². The Morgan fingerprint density at radius 3 is 2.77 bits per heavy atom. The van der Waals surface area contributed by atoms with Gasteiger partial charge in [0.05, 0.1) is 26.0 Å². The molecule has 2 heterocycles. The lowest BCUT2D eigenvalue weighted by molar-refractivity contribution is 0.406. The summed E-state index contributed by atoms with van der Waals surface area (Å²) in [4.78, 5) is 8.62. The number of methoxy groups -OCH3 is 1. The molecule has 0 aliphatic carbocycles. The van der Waals surface area contributed by atoms with Gasteiger partial charge in [-0.05, 0) is 31.0 Å². The van der Waals surface area contributed by atoms with Crippen LogP contribution >= 0.6 is 0 Å². The van der Waals surface area contributed by atoms with Crippen LogP contribution in [-0.2, 0) is 13.1 Å². The first-order valence-corrected chi connectivity index (χ1v) is 10.9. The van der Waals surface area contributed by atoms with Crippen molar-refractivity contribution in [2.24, 2.45) is 5.73 Å². The van der Waals surface area contributed by atoms with Gasteiger partial charge in [-0.15, -0.1) is 0 Å². The van der Waals surface area contributed by atoms with E-state index in [2.05, 4.69) is 57.7 Å². The number of nitrogens with one attached hydrogen (secondary N) is 2. The number of hydrogen-bond acceptors (Lipinski definition) is 8. The predicted octanol–water partition coefficient (Wildman–Crippen LogP) is 2.85. The molecule has 9 nitrogen and oxygen atoms in total. The fourth-order valence-electron chi connectivity index (χ4n) is 3.46. The second-order valence-electron chi connectivity index (χ2n) is 7.71. The zero-order valence-corrected chi connectivity index (χ0v) is 18.7. The van der Waals surface area contributed by atoms with Crippen LogP contribution in [0.5, 0.6) is 5.75 Å². The van der Waals surface area contributed by atoms with Crippen LogP contribution in [0.4, 0.5) is 11.8 Å². The van der Waals surface area contributed by atoms with Gasteiger partial charge in [-0.2, -0.15) is 10.1 Å². The maximum absolute atomic E-state index is 6.12. The number of aromatic nitrogens is 4. The molecule has 0 bridgehead atoms. The largest absolute Gasteiger partial charge is 0.496 e. The van der Waals surface area contributed by atoms with E-state index < -0.39 is 0 Å². The van der Waals surface area contributed by atoms with Gasteiger partial charge in [0, 0.05) is 12.1 Å². The Morgan fingerprint density at radius 1 is 1.19 bits per heavy atom. The SMILES string of the molecule is CCCCNCc1ccc(Cn2cc3nc(N)nc(NC(N)CCC)c3n2)c(OC)c1. The summed E-state index contributed by atoms with van der Waals surface area (Å²) in [5.41, 5.74) is 15.6. The first kappa shape index (κ1) is 22.8. The molecule has 0 spiro atoms. The summed E-state index contributed by atoms with van der Waals surface area (Å²) >= 11 is 0. The van der Waals surface area contributed by atoms with Gasteiger partial charge in [0.2, 0.25) is 5.95 Å². The topological polar surface area (TPSA) is 129 Å². The molecule has 3 rings (SSSR count). The molecule has 0 saturated heterocycles. The van der Waals surface area contributed by atoms with Crippen molar-refractivity contribution in [2.45, 2.75) is 58.8 Å². The lowest BCUT2D eigenvalue weighted by Crippen LogP contribution is -2.29. The highest BCUT2D eigenvalue weighted by molar-refractivity contribution is 5.85. The molecular formula is C22H34N8O. The minimum atomic E-state index is -0.216. The summed E-state index contributed by atoms with van der Waals surface area (Å²) in [6.07, 6.45) is 5.80. The second-order valence-corrected chi connectivity index (χ2v) is 7.71. The molecule has 9 heteroatoms. The highest BCUT2D eigenvalue weighted by Crippen LogP contribution is 2.24. The maximum atomic E-state index is 6.12. The molecule has 2 aromatic heterocycles. The van der Waals surface area contributed by atoms with Crippen molar-refractivity contribution >= 4 is 22.8 Å². The zero-order valence-electron chi connectivity index (χ0n) is 18.7. The Kier molecular flexibility index (Phi) is 8.02. The third kappa shape index (κ3) is 6.05. The number of nitrogens with two attached hydrogens (primary N) is 2. The van der Waals surface area contributed by atoms with Gasteiger partial charge >= 0.3 is 0 Å². The third-order valence-corrected chi connectivity index (χ3v) is 5.07. The average Bonchev–Trinajstić information content (AvgIpc) is 3.14. The smallest absolute Gasteiger partial charge is 0.222 e. The predicted molar refractivity (Wildman–Crippen MR) is 125 cm³/mol. The number of unbranched alkanes of at least 4 members (excludes halogenated alkanes) is 1. The van der Waals surface area contributed by atoms with Gasteiger partial charge in [-0.1, -0.05) is 38.8 Å². The van der Waals surface area contributed by atoms with E-state index in [1.165, 1.54) is 18.4 Å². The first-order chi connectivity index (χ1) is 15.0. The van der Waals surface area contributed by atoms with Gasteiger partial charge in [0.1, 0.15) is 11.3 Å². The maximum Gasteiger partial charge on any atom is 0.222 e. The van der Waals surface area contributed by atoms with Crippen LogP contribution in [0, 0.1) is 0 Å². The molecule has 1 unspecified atom stereocenters. The van der Waals surface area contributed by atoms with E-state index in [0.717, 1.165) is 37.2 Å². The molecule has 1 atom stereocenters. The highest BCUT2D eigenvalue weighted by Gasteiger charge is 2.14. The van der Waals surface area contributed by atoms with Crippen molar-refractivity contribution in [3.05, 3.63) is 35.5 Å². The number of ether oxygens (including phenoxy) is 1. The number of fused-ring (bicyclic) bond motifs is 1. The van der Waals surface area contributed by atoms with Gasteiger partial charge < -0.3 is 26.8 Å². The van der Waals surface area contributed by atoms with Crippen LogP contribution in [-0.4, -0.2) is 39.6 Å². The summed E-state index contributed by atoms with van der Waals surface area (Å²) in [7, 11) is 1.69. The van der Waals surface area contributed by atoms with Gasteiger partial charge in [0.15, 0.2) is 11.3 Å². The molecule has 0 aliphatic heterocycles. The average molecular weight is 427 g/mol. The molecule has 1 aromatic carbocycles. The molecule has 0 fully saturated rings. The number of rotatable bonds is 12. The van der Waals surface area contributed by atoms with Crippen LogP contribution in [0.1, 0.15) is 50.7 Å². The first-order valence-electron chi connectivity index (χ1n) is 10.9. The molecule has 168 valence electrons. The Hall–Kier alpha value is -2.91. The summed E-state index contributed by atoms with van der Waals surface area (Å²) in [6, 6.07) is 6.28. The Bertz CT molecular complexity index is 987. The van der Waals surface area contributed by atoms with Crippen LogP contribution in [0.3, 0.4) is 0 Å². The molecule has 0 amide bonds. The van der Waals surface area contributed by atoms with Crippen molar-refractivity contribution in [1.29, 1.82) is 0 Å². The van der Waals surface area contributed by atoms with Crippen LogP contribution in [0.25, 0.3) is 11.0 Å². The summed E-state index contributed by atoms with van der Waals surface area (Å²) in [5.74, 6) is 1.58. The fourth-order valence-corrected chi connectivity index (χ4v) is 3.46. The van der Waals surface area contributed by atoms with E-state index in [1.54, 1.807) is 7.11 Å². The van der Waals surface area contributed by atoms with Crippen LogP contribution in [0.2, 0.25) is 0 Å². The van der Waals surface area contributed by atoms with E-state index in [0.29, 0.717) is 23.4 Å². The third-order valence-electron chi connectivity index (χ3n) is 5.07. The van der Waals surface area contributed by atoms with Crippen molar-refractivity contribution in [2.75, 3.05) is 24.7 Å². The number of benzene rings is 1. The summed E-state index contributed by atoms with van der Waals surface area (Å²) < 4.78 is 7.46. The molecule has 6 N–H and O–H groups in total. The van der Waals surface area contributed by atoms with Gasteiger partial charge in [-0.3, -0.25) is 4.68 Å². The van der Waals surface area contributed by atoms with Crippen LogP contribution < -0.4 is 26.8 Å². The Morgan fingerprint density at radius 2 is 2.03 bits per heavy atom. The molecular weight excluding hydrogens is 392 g/mol. The number of anilines is 2. The van der Waals surface area contributed by atoms with Gasteiger partial charge in [-0.25, -0.2) is 4.98 Å². The van der Waals surface area contributed by atoms with E-state index in [-0.39, 0.29) is 12.1 Å². The molecule has 31 heavy (non-hydrogen) atoms. The molecule has 0 radical (unpaired) electrons.